The van der Waals surface area contributed by atoms with Crippen LogP contribution in [0.5, 0.6) is 5.75 Å². The molecule has 2 aromatic carbocycles. The number of hydrogen-bond donors (Lipinski definition) is 0. The second kappa shape index (κ2) is 6.19. The third kappa shape index (κ3) is 3.02. The van der Waals surface area contributed by atoms with Crippen molar-refractivity contribution in [2.24, 2.45) is 0 Å². The third-order valence-electron chi connectivity index (χ3n) is 2.95. The Balaban J connectivity index is 2.50. The Morgan fingerprint density at radius 1 is 1.00 bits per heavy atom. The molecule has 98 valence electrons. The van der Waals surface area contributed by atoms with Gasteiger partial charge in [-0.1, -0.05) is 49.4 Å². The molecule has 0 aliphatic carbocycles. The number of Topliss-reactive ketones (excluding diaryl/α,β-unsaturated/α-hetero) is 1. The van der Waals surface area contributed by atoms with Gasteiger partial charge in [0, 0.05) is 11.1 Å². The van der Waals surface area contributed by atoms with Crippen molar-refractivity contribution in [3.8, 4) is 16.9 Å². The molecule has 0 heterocycles. The Labute approximate surface area is 114 Å². The summed E-state index contributed by atoms with van der Waals surface area (Å²) in [5, 5.41) is 0. The van der Waals surface area contributed by atoms with Crippen LogP contribution in [0.1, 0.15) is 30.6 Å². The first-order valence-electron chi connectivity index (χ1n) is 6.56. The molecule has 0 aliphatic rings. The summed E-state index contributed by atoms with van der Waals surface area (Å²) in [4.78, 5) is 11.7. The first-order valence-corrected chi connectivity index (χ1v) is 6.56. The van der Waals surface area contributed by atoms with E-state index in [9.17, 15) is 4.79 Å². The Morgan fingerprint density at radius 3 is 2.32 bits per heavy atom. The van der Waals surface area contributed by atoms with Crippen LogP contribution >= 0.6 is 0 Å². The molecule has 0 aromatic heterocycles. The highest BCUT2D eigenvalue weighted by Crippen LogP contribution is 2.32. The molecule has 0 radical (unpaired) electrons. The highest BCUT2D eigenvalue weighted by Gasteiger charge is 2.12. The van der Waals surface area contributed by atoms with Crippen LogP contribution in [0, 0.1) is 0 Å². The predicted octanol–water partition coefficient (Wildman–Crippen LogP) is 4.35. The summed E-state index contributed by atoms with van der Waals surface area (Å²) < 4.78 is 5.76. The molecule has 0 fully saturated rings. The number of carbonyl (C=O) groups excluding carboxylic acids is 1. The second-order valence-corrected chi connectivity index (χ2v) is 4.45. The van der Waals surface area contributed by atoms with E-state index < -0.39 is 0 Å². The molecule has 0 amide bonds. The average molecular weight is 254 g/mol. The van der Waals surface area contributed by atoms with Gasteiger partial charge in [-0.25, -0.2) is 0 Å². The summed E-state index contributed by atoms with van der Waals surface area (Å²) in [6.45, 7) is 4.35. The number of ether oxygens (including phenoxy) is 1. The van der Waals surface area contributed by atoms with Gasteiger partial charge in [0.05, 0.1) is 6.61 Å². The van der Waals surface area contributed by atoms with Gasteiger partial charge in [-0.05, 0) is 25.0 Å². The molecule has 0 saturated heterocycles. The lowest BCUT2D eigenvalue weighted by Gasteiger charge is -2.13. The van der Waals surface area contributed by atoms with Crippen molar-refractivity contribution < 1.29 is 9.53 Å². The van der Waals surface area contributed by atoms with E-state index in [1.807, 2.05) is 48.5 Å². The summed E-state index contributed by atoms with van der Waals surface area (Å²) in [5.41, 5.74) is 2.64. The van der Waals surface area contributed by atoms with Gasteiger partial charge in [-0.15, -0.1) is 0 Å². The number of rotatable bonds is 5. The molecule has 0 unspecified atom stereocenters. The summed E-state index contributed by atoms with van der Waals surface area (Å²) in [6, 6.07) is 15.5. The monoisotopic (exact) mass is 254 g/mol. The van der Waals surface area contributed by atoms with Crippen LogP contribution in [-0.2, 0) is 0 Å². The first-order chi connectivity index (χ1) is 9.24. The van der Waals surface area contributed by atoms with E-state index >= 15 is 0 Å². The van der Waals surface area contributed by atoms with E-state index in [1.54, 1.807) is 6.92 Å². The fourth-order valence-corrected chi connectivity index (χ4v) is 2.05. The minimum atomic E-state index is 0.0703. The largest absolute Gasteiger partial charge is 0.493 e. The Kier molecular flexibility index (Phi) is 4.35. The molecule has 0 atom stereocenters. The van der Waals surface area contributed by atoms with Gasteiger partial charge in [-0.2, -0.15) is 0 Å². The van der Waals surface area contributed by atoms with Crippen molar-refractivity contribution in [1.29, 1.82) is 0 Å². The van der Waals surface area contributed by atoms with Crippen LogP contribution in [0.25, 0.3) is 11.1 Å². The van der Waals surface area contributed by atoms with Crippen molar-refractivity contribution >= 4 is 5.78 Å². The van der Waals surface area contributed by atoms with Crippen molar-refractivity contribution in [3.63, 3.8) is 0 Å². The van der Waals surface area contributed by atoms with Gasteiger partial charge in [0.15, 0.2) is 5.78 Å². The lowest BCUT2D eigenvalue weighted by atomic mass is 9.97. The number of benzene rings is 2. The summed E-state index contributed by atoms with van der Waals surface area (Å²) in [5.74, 6) is 0.902. The Morgan fingerprint density at radius 2 is 1.63 bits per heavy atom. The van der Waals surface area contributed by atoms with E-state index in [0.29, 0.717) is 6.61 Å². The minimum Gasteiger partial charge on any atom is -0.493 e. The third-order valence-corrected chi connectivity index (χ3v) is 2.95. The molecule has 2 heteroatoms. The summed E-state index contributed by atoms with van der Waals surface area (Å²) in [6.07, 6.45) is 0.961. The van der Waals surface area contributed by atoms with Gasteiger partial charge in [-0.3, -0.25) is 4.79 Å². The highest BCUT2D eigenvalue weighted by molar-refractivity contribution is 6.01. The molecule has 19 heavy (non-hydrogen) atoms. The number of hydrogen-bond acceptors (Lipinski definition) is 2. The Hall–Kier alpha value is -2.09. The molecule has 0 N–H and O–H groups in total. The first kappa shape index (κ1) is 13.3. The number of para-hydroxylation sites is 1. The lowest BCUT2D eigenvalue weighted by Crippen LogP contribution is -2.00. The van der Waals surface area contributed by atoms with Gasteiger partial charge in [0.2, 0.25) is 0 Å². The zero-order valence-electron chi connectivity index (χ0n) is 11.3. The molecule has 0 saturated carbocycles. The molecular formula is C17H18O2. The average Bonchev–Trinajstić information content (AvgIpc) is 2.45. The maximum absolute atomic E-state index is 11.7. The smallest absolute Gasteiger partial charge is 0.160 e. The normalized spacial score (nSPS) is 10.2. The fraction of sp³-hybridized carbons (Fsp3) is 0.235. The van der Waals surface area contributed by atoms with Gasteiger partial charge < -0.3 is 4.74 Å². The maximum Gasteiger partial charge on any atom is 0.160 e. The molecule has 0 bridgehead atoms. The standard InChI is InChI=1S/C17H18O2/c1-3-12-19-17-11-7-6-10-16(17)15-9-5-4-8-14(15)13(2)18/h4-11H,3,12H2,1-2H3. The Bertz CT molecular complexity index is 573. The number of ketones is 1. The molecule has 2 aromatic rings. The summed E-state index contributed by atoms with van der Waals surface area (Å²) in [7, 11) is 0. The summed E-state index contributed by atoms with van der Waals surface area (Å²) >= 11 is 0. The van der Waals surface area contributed by atoms with Crippen LogP contribution in [0.3, 0.4) is 0 Å². The number of carbonyl (C=O) groups is 1. The van der Waals surface area contributed by atoms with Crippen molar-refractivity contribution in [3.05, 3.63) is 54.1 Å². The van der Waals surface area contributed by atoms with Crippen molar-refractivity contribution in [1.82, 2.24) is 0 Å². The second-order valence-electron chi connectivity index (χ2n) is 4.45. The molecular weight excluding hydrogens is 236 g/mol. The molecule has 0 aliphatic heterocycles. The quantitative estimate of drug-likeness (QED) is 0.742. The van der Waals surface area contributed by atoms with Gasteiger partial charge in [0.25, 0.3) is 0 Å². The SMILES string of the molecule is CCCOc1ccccc1-c1ccccc1C(C)=O. The zero-order valence-corrected chi connectivity index (χ0v) is 11.3. The van der Waals surface area contributed by atoms with E-state index in [4.69, 9.17) is 4.74 Å². The topological polar surface area (TPSA) is 26.3 Å². The lowest BCUT2D eigenvalue weighted by molar-refractivity contribution is 0.101. The van der Waals surface area contributed by atoms with E-state index in [-0.39, 0.29) is 5.78 Å². The van der Waals surface area contributed by atoms with E-state index in [0.717, 1.165) is 28.9 Å². The van der Waals surface area contributed by atoms with Crippen LogP contribution in [0.4, 0.5) is 0 Å². The van der Waals surface area contributed by atoms with Crippen molar-refractivity contribution in [2.45, 2.75) is 20.3 Å². The molecule has 0 spiro atoms. The zero-order chi connectivity index (χ0) is 13.7. The highest BCUT2D eigenvalue weighted by atomic mass is 16.5. The fourth-order valence-electron chi connectivity index (χ4n) is 2.05. The van der Waals surface area contributed by atoms with Crippen LogP contribution < -0.4 is 4.74 Å². The maximum atomic E-state index is 11.7. The van der Waals surface area contributed by atoms with Gasteiger partial charge >= 0.3 is 0 Å². The minimum absolute atomic E-state index is 0.0703. The van der Waals surface area contributed by atoms with Crippen LogP contribution in [0.15, 0.2) is 48.5 Å². The van der Waals surface area contributed by atoms with Crippen molar-refractivity contribution in [2.75, 3.05) is 6.61 Å². The van der Waals surface area contributed by atoms with Crippen LogP contribution in [-0.4, -0.2) is 12.4 Å². The molecule has 2 rings (SSSR count). The van der Waals surface area contributed by atoms with Crippen LogP contribution in [0.2, 0.25) is 0 Å². The predicted molar refractivity (Wildman–Crippen MR) is 77.7 cm³/mol. The van der Waals surface area contributed by atoms with Gasteiger partial charge in [0.1, 0.15) is 5.75 Å². The van der Waals surface area contributed by atoms with E-state index in [2.05, 4.69) is 6.92 Å². The molecule has 2 nitrogen and oxygen atoms in total. The van der Waals surface area contributed by atoms with E-state index in [1.165, 1.54) is 0 Å².